The summed E-state index contributed by atoms with van der Waals surface area (Å²) in [5, 5.41) is 13.1. The Bertz CT molecular complexity index is 531. The Hall–Kier alpha value is -1.91. The van der Waals surface area contributed by atoms with Crippen LogP contribution in [-0.4, -0.2) is 25.7 Å². The van der Waals surface area contributed by atoms with Crippen LogP contribution in [0.4, 0.5) is 0 Å². The lowest BCUT2D eigenvalue weighted by Crippen LogP contribution is -2.05. The number of rotatable bonds is 2. The number of fused-ring (bicyclic) bond motifs is 1. The lowest BCUT2D eigenvalue weighted by Gasteiger charge is -1.99. The zero-order valence-electron chi connectivity index (χ0n) is 8.56. The summed E-state index contributed by atoms with van der Waals surface area (Å²) in [7, 11) is 0. The molecule has 0 unspecified atom stereocenters. The van der Waals surface area contributed by atoms with Crippen LogP contribution in [0.5, 0.6) is 0 Å². The van der Waals surface area contributed by atoms with E-state index >= 15 is 0 Å². The molecule has 2 heterocycles. The standard InChI is InChI=1S/C10H11N3O2/c1-3-7-4-9-11-6(2)8(10(14)15)5-13(9)12-7/h4-5H,3H2,1-2H3,(H,14,15). The fourth-order valence-corrected chi connectivity index (χ4v) is 1.44. The van der Waals surface area contributed by atoms with Gasteiger partial charge in [-0.05, 0) is 13.3 Å². The maximum Gasteiger partial charge on any atom is 0.339 e. The molecule has 0 aliphatic rings. The molecule has 0 aromatic carbocycles. The van der Waals surface area contributed by atoms with Crippen LogP contribution in [0.1, 0.15) is 28.7 Å². The average molecular weight is 205 g/mol. The molecule has 78 valence electrons. The normalized spacial score (nSPS) is 10.8. The largest absolute Gasteiger partial charge is 0.478 e. The van der Waals surface area contributed by atoms with Gasteiger partial charge in [0.2, 0.25) is 0 Å². The molecule has 2 aromatic heterocycles. The number of nitrogens with zero attached hydrogens (tertiary/aromatic N) is 3. The van der Waals surface area contributed by atoms with Gasteiger partial charge in [0.05, 0.1) is 17.0 Å². The topological polar surface area (TPSA) is 67.5 Å². The summed E-state index contributed by atoms with van der Waals surface area (Å²) in [5.41, 5.74) is 2.30. The van der Waals surface area contributed by atoms with Gasteiger partial charge in [-0.1, -0.05) is 6.92 Å². The summed E-state index contributed by atoms with van der Waals surface area (Å²) in [6, 6.07) is 1.86. The zero-order valence-corrected chi connectivity index (χ0v) is 8.56. The van der Waals surface area contributed by atoms with E-state index < -0.39 is 5.97 Å². The van der Waals surface area contributed by atoms with Crippen molar-refractivity contribution in [2.24, 2.45) is 0 Å². The Morgan fingerprint density at radius 3 is 2.93 bits per heavy atom. The van der Waals surface area contributed by atoms with Crippen molar-refractivity contribution in [2.45, 2.75) is 20.3 Å². The van der Waals surface area contributed by atoms with Crippen molar-refractivity contribution in [2.75, 3.05) is 0 Å². The molecule has 0 saturated carbocycles. The van der Waals surface area contributed by atoms with Crippen LogP contribution in [0.3, 0.4) is 0 Å². The van der Waals surface area contributed by atoms with Crippen LogP contribution >= 0.6 is 0 Å². The zero-order chi connectivity index (χ0) is 11.0. The maximum absolute atomic E-state index is 10.9. The summed E-state index contributed by atoms with van der Waals surface area (Å²) < 4.78 is 1.51. The lowest BCUT2D eigenvalue weighted by molar-refractivity contribution is 0.0695. The highest BCUT2D eigenvalue weighted by molar-refractivity contribution is 5.88. The third kappa shape index (κ3) is 1.56. The van der Waals surface area contributed by atoms with Crippen LogP contribution in [0, 0.1) is 6.92 Å². The van der Waals surface area contributed by atoms with E-state index in [0.29, 0.717) is 11.3 Å². The van der Waals surface area contributed by atoms with Gasteiger partial charge in [-0.3, -0.25) is 0 Å². The summed E-state index contributed by atoms with van der Waals surface area (Å²) in [6.07, 6.45) is 2.31. The Morgan fingerprint density at radius 1 is 1.60 bits per heavy atom. The Kier molecular flexibility index (Phi) is 2.15. The van der Waals surface area contributed by atoms with E-state index in [1.807, 2.05) is 13.0 Å². The highest BCUT2D eigenvalue weighted by Crippen LogP contribution is 2.10. The van der Waals surface area contributed by atoms with Gasteiger partial charge in [0.1, 0.15) is 0 Å². The SMILES string of the molecule is CCc1cc2nc(C)c(C(=O)O)cn2n1. The van der Waals surface area contributed by atoms with E-state index in [0.717, 1.165) is 12.1 Å². The fraction of sp³-hybridized carbons (Fsp3) is 0.300. The number of hydrogen-bond donors (Lipinski definition) is 1. The van der Waals surface area contributed by atoms with Gasteiger partial charge in [0, 0.05) is 12.3 Å². The Morgan fingerprint density at radius 2 is 2.33 bits per heavy atom. The van der Waals surface area contributed by atoms with Crippen LogP contribution in [-0.2, 0) is 6.42 Å². The Labute approximate surface area is 86.4 Å². The first-order chi connectivity index (χ1) is 7.11. The third-order valence-electron chi connectivity index (χ3n) is 2.28. The van der Waals surface area contributed by atoms with Crippen molar-refractivity contribution in [3.05, 3.63) is 29.2 Å². The number of carbonyl (C=O) groups is 1. The van der Waals surface area contributed by atoms with E-state index in [4.69, 9.17) is 5.11 Å². The van der Waals surface area contributed by atoms with Crippen molar-refractivity contribution in [3.8, 4) is 0 Å². The molecular weight excluding hydrogens is 194 g/mol. The van der Waals surface area contributed by atoms with Crippen molar-refractivity contribution < 1.29 is 9.90 Å². The number of aromatic carboxylic acids is 1. The van der Waals surface area contributed by atoms with Gasteiger partial charge < -0.3 is 5.11 Å². The minimum atomic E-state index is -0.976. The quantitative estimate of drug-likeness (QED) is 0.802. The smallest absolute Gasteiger partial charge is 0.339 e. The predicted octanol–water partition coefficient (Wildman–Crippen LogP) is 1.30. The monoisotopic (exact) mass is 205 g/mol. The number of carboxylic acids is 1. The molecule has 1 N–H and O–H groups in total. The first kappa shape index (κ1) is 9.64. The highest BCUT2D eigenvalue weighted by atomic mass is 16.4. The van der Waals surface area contributed by atoms with Crippen molar-refractivity contribution in [1.82, 2.24) is 14.6 Å². The molecule has 0 bridgehead atoms. The molecule has 2 aromatic rings. The van der Waals surface area contributed by atoms with E-state index in [2.05, 4.69) is 10.1 Å². The molecule has 0 aliphatic heterocycles. The second kappa shape index (κ2) is 3.34. The number of carboxylic acid groups (broad SMARTS) is 1. The average Bonchev–Trinajstić information content (AvgIpc) is 2.58. The van der Waals surface area contributed by atoms with Crippen LogP contribution in [0.25, 0.3) is 5.65 Å². The van der Waals surface area contributed by atoms with Crippen LogP contribution in [0.15, 0.2) is 12.3 Å². The van der Waals surface area contributed by atoms with Crippen LogP contribution < -0.4 is 0 Å². The Balaban J connectivity index is 2.68. The van der Waals surface area contributed by atoms with Gasteiger partial charge in [-0.25, -0.2) is 14.3 Å². The summed E-state index contributed by atoms with van der Waals surface area (Å²) in [6.45, 7) is 3.68. The van der Waals surface area contributed by atoms with Crippen molar-refractivity contribution in [1.29, 1.82) is 0 Å². The van der Waals surface area contributed by atoms with E-state index in [1.54, 1.807) is 6.92 Å². The molecule has 15 heavy (non-hydrogen) atoms. The number of hydrogen-bond acceptors (Lipinski definition) is 3. The van der Waals surface area contributed by atoms with E-state index in [1.165, 1.54) is 10.7 Å². The van der Waals surface area contributed by atoms with Crippen molar-refractivity contribution in [3.63, 3.8) is 0 Å². The minimum Gasteiger partial charge on any atom is -0.478 e. The lowest BCUT2D eigenvalue weighted by atomic mass is 10.2. The molecule has 2 rings (SSSR count). The molecular formula is C10H11N3O2. The van der Waals surface area contributed by atoms with Gasteiger partial charge in [-0.2, -0.15) is 5.10 Å². The van der Waals surface area contributed by atoms with E-state index in [-0.39, 0.29) is 5.56 Å². The molecule has 0 fully saturated rings. The third-order valence-corrected chi connectivity index (χ3v) is 2.28. The van der Waals surface area contributed by atoms with Gasteiger partial charge in [0.15, 0.2) is 5.65 Å². The molecule has 0 spiro atoms. The predicted molar refractivity (Wildman–Crippen MR) is 54.1 cm³/mol. The number of aryl methyl sites for hydroxylation is 2. The molecule has 0 atom stereocenters. The summed E-state index contributed by atoms with van der Waals surface area (Å²) >= 11 is 0. The first-order valence-corrected chi connectivity index (χ1v) is 4.71. The molecule has 5 heteroatoms. The van der Waals surface area contributed by atoms with Gasteiger partial charge in [-0.15, -0.1) is 0 Å². The minimum absolute atomic E-state index is 0.188. The summed E-state index contributed by atoms with van der Waals surface area (Å²) in [5.74, 6) is -0.976. The summed E-state index contributed by atoms with van der Waals surface area (Å²) in [4.78, 5) is 15.0. The van der Waals surface area contributed by atoms with Crippen LogP contribution in [0.2, 0.25) is 0 Å². The van der Waals surface area contributed by atoms with Gasteiger partial charge >= 0.3 is 5.97 Å². The number of aromatic nitrogens is 3. The maximum atomic E-state index is 10.9. The fourth-order valence-electron chi connectivity index (χ4n) is 1.44. The molecule has 0 aliphatic carbocycles. The highest BCUT2D eigenvalue weighted by Gasteiger charge is 2.11. The molecule has 0 saturated heterocycles. The second-order valence-electron chi connectivity index (χ2n) is 3.34. The molecule has 5 nitrogen and oxygen atoms in total. The molecule has 0 amide bonds. The van der Waals surface area contributed by atoms with Crippen molar-refractivity contribution >= 4 is 11.6 Å². The first-order valence-electron chi connectivity index (χ1n) is 4.71. The van der Waals surface area contributed by atoms with E-state index in [9.17, 15) is 4.79 Å². The van der Waals surface area contributed by atoms with Gasteiger partial charge in [0.25, 0.3) is 0 Å². The second-order valence-corrected chi connectivity index (χ2v) is 3.34. The molecule has 0 radical (unpaired) electrons.